The highest BCUT2D eigenvalue weighted by Crippen LogP contribution is 2.22. The molecule has 92 valence electrons. The zero-order valence-electron chi connectivity index (χ0n) is 9.41. The highest BCUT2D eigenvalue weighted by atomic mass is 35.5. The molecule has 1 aromatic rings. The van der Waals surface area contributed by atoms with Crippen molar-refractivity contribution in [2.24, 2.45) is 5.73 Å². The van der Waals surface area contributed by atoms with Gasteiger partial charge in [-0.1, -0.05) is 23.8 Å². The summed E-state index contributed by atoms with van der Waals surface area (Å²) in [5.41, 5.74) is 7.36. The van der Waals surface area contributed by atoms with E-state index in [1.807, 2.05) is 12.1 Å². The number of anilines is 1. The molecule has 1 aliphatic heterocycles. The van der Waals surface area contributed by atoms with Crippen molar-refractivity contribution in [3.05, 3.63) is 28.8 Å². The van der Waals surface area contributed by atoms with Gasteiger partial charge in [-0.05, 0) is 31.0 Å². The Morgan fingerprint density at radius 3 is 3.06 bits per heavy atom. The Balaban J connectivity index is 2.07. The Morgan fingerprint density at radius 2 is 2.41 bits per heavy atom. The van der Waals surface area contributed by atoms with Gasteiger partial charge in [0.15, 0.2) is 0 Å². The molecule has 1 unspecified atom stereocenters. The summed E-state index contributed by atoms with van der Waals surface area (Å²) in [7, 11) is 0. The first-order valence-electron chi connectivity index (χ1n) is 5.61. The standard InChI is InChI=1S/C12H15ClN2OS/c13-8-3-4-10(12(14)17)11(6-8)15-7-9-2-1-5-16-9/h3-4,6,9,15H,1-2,5,7H2,(H2,14,17). The highest BCUT2D eigenvalue weighted by molar-refractivity contribution is 7.80. The summed E-state index contributed by atoms with van der Waals surface area (Å²) in [6, 6.07) is 5.46. The maximum absolute atomic E-state index is 5.96. The van der Waals surface area contributed by atoms with Crippen LogP contribution in [0.5, 0.6) is 0 Å². The molecular weight excluding hydrogens is 256 g/mol. The monoisotopic (exact) mass is 270 g/mol. The number of halogens is 1. The minimum Gasteiger partial charge on any atom is -0.389 e. The van der Waals surface area contributed by atoms with Crippen LogP contribution in [0.3, 0.4) is 0 Å². The lowest BCUT2D eigenvalue weighted by molar-refractivity contribution is 0.120. The molecule has 0 aromatic heterocycles. The molecule has 1 atom stereocenters. The summed E-state index contributed by atoms with van der Waals surface area (Å²) < 4.78 is 5.55. The molecule has 1 fully saturated rings. The number of nitrogens with one attached hydrogen (secondary N) is 1. The van der Waals surface area contributed by atoms with E-state index in [1.54, 1.807) is 6.07 Å². The quantitative estimate of drug-likeness (QED) is 0.826. The normalized spacial score (nSPS) is 19.2. The molecule has 2 rings (SSSR count). The Bertz CT molecular complexity index is 419. The lowest BCUT2D eigenvalue weighted by atomic mass is 10.1. The summed E-state index contributed by atoms with van der Waals surface area (Å²) in [4.78, 5) is 0.372. The molecule has 0 bridgehead atoms. The van der Waals surface area contributed by atoms with Crippen molar-refractivity contribution in [2.75, 3.05) is 18.5 Å². The number of hydrogen-bond donors (Lipinski definition) is 2. The predicted molar refractivity (Wildman–Crippen MR) is 74.8 cm³/mol. The topological polar surface area (TPSA) is 47.3 Å². The van der Waals surface area contributed by atoms with Crippen molar-refractivity contribution in [1.82, 2.24) is 0 Å². The summed E-state index contributed by atoms with van der Waals surface area (Å²) in [5.74, 6) is 0. The van der Waals surface area contributed by atoms with Crippen LogP contribution < -0.4 is 11.1 Å². The second-order valence-electron chi connectivity index (χ2n) is 4.07. The number of thiocarbonyl (C=S) groups is 1. The van der Waals surface area contributed by atoms with Crippen LogP contribution >= 0.6 is 23.8 Å². The Hall–Kier alpha value is -0.840. The van der Waals surface area contributed by atoms with Gasteiger partial charge in [0.2, 0.25) is 0 Å². The van der Waals surface area contributed by atoms with Crippen LogP contribution in [-0.2, 0) is 4.74 Å². The fourth-order valence-corrected chi connectivity index (χ4v) is 2.26. The molecule has 17 heavy (non-hydrogen) atoms. The van der Waals surface area contributed by atoms with Gasteiger partial charge in [-0.3, -0.25) is 0 Å². The van der Waals surface area contributed by atoms with Crippen LogP contribution in [0, 0.1) is 0 Å². The molecule has 1 aliphatic rings. The lowest BCUT2D eigenvalue weighted by Gasteiger charge is -2.15. The molecule has 0 amide bonds. The van der Waals surface area contributed by atoms with Gasteiger partial charge in [-0.2, -0.15) is 0 Å². The second kappa shape index (κ2) is 5.67. The average Bonchev–Trinajstić information content (AvgIpc) is 2.78. The molecule has 1 aromatic carbocycles. The SMILES string of the molecule is NC(=S)c1ccc(Cl)cc1NCC1CCCO1. The summed E-state index contributed by atoms with van der Waals surface area (Å²) in [6.07, 6.45) is 2.49. The molecule has 0 radical (unpaired) electrons. The molecule has 5 heteroatoms. The van der Waals surface area contributed by atoms with E-state index in [4.69, 9.17) is 34.3 Å². The fourth-order valence-electron chi connectivity index (χ4n) is 1.91. The van der Waals surface area contributed by atoms with Crippen LogP contribution in [0.1, 0.15) is 18.4 Å². The summed E-state index contributed by atoms with van der Waals surface area (Å²) in [5, 5.41) is 3.97. The van der Waals surface area contributed by atoms with Gasteiger partial charge < -0.3 is 15.8 Å². The number of ether oxygens (including phenoxy) is 1. The van der Waals surface area contributed by atoms with Gasteiger partial charge in [0, 0.05) is 29.4 Å². The van der Waals surface area contributed by atoms with Gasteiger partial charge in [0.25, 0.3) is 0 Å². The molecule has 1 saturated heterocycles. The van der Waals surface area contributed by atoms with Crippen LogP contribution in [-0.4, -0.2) is 24.2 Å². The smallest absolute Gasteiger partial charge is 0.106 e. The Kier molecular flexibility index (Phi) is 4.20. The number of hydrogen-bond acceptors (Lipinski definition) is 3. The molecule has 0 aliphatic carbocycles. The molecular formula is C12H15ClN2OS. The molecule has 3 N–H and O–H groups in total. The largest absolute Gasteiger partial charge is 0.389 e. The minimum absolute atomic E-state index is 0.271. The fraction of sp³-hybridized carbons (Fsp3) is 0.417. The maximum Gasteiger partial charge on any atom is 0.106 e. The van der Waals surface area contributed by atoms with Crippen molar-refractivity contribution < 1.29 is 4.74 Å². The van der Waals surface area contributed by atoms with Gasteiger partial charge >= 0.3 is 0 Å². The van der Waals surface area contributed by atoms with Crippen molar-refractivity contribution in [1.29, 1.82) is 0 Å². The maximum atomic E-state index is 5.96. The highest BCUT2D eigenvalue weighted by Gasteiger charge is 2.15. The molecule has 1 heterocycles. The third-order valence-electron chi connectivity index (χ3n) is 2.79. The lowest BCUT2D eigenvalue weighted by Crippen LogP contribution is -2.20. The van der Waals surface area contributed by atoms with Crippen LogP contribution in [0.2, 0.25) is 5.02 Å². The van der Waals surface area contributed by atoms with Gasteiger partial charge in [0.1, 0.15) is 4.99 Å². The number of rotatable bonds is 4. The van der Waals surface area contributed by atoms with Crippen LogP contribution in [0.15, 0.2) is 18.2 Å². The number of nitrogens with two attached hydrogens (primary N) is 1. The Labute approximate surface area is 111 Å². The summed E-state index contributed by atoms with van der Waals surface area (Å²) in [6.45, 7) is 1.61. The van der Waals surface area contributed by atoms with E-state index in [0.717, 1.165) is 37.2 Å². The predicted octanol–water partition coefficient (Wildman–Crippen LogP) is 2.57. The first-order valence-corrected chi connectivity index (χ1v) is 6.40. The zero-order chi connectivity index (χ0) is 12.3. The van der Waals surface area contributed by atoms with Crippen LogP contribution in [0.4, 0.5) is 5.69 Å². The zero-order valence-corrected chi connectivity index (χ0v) is 11.0. The van der Waals surface area contributed by atoms with E-state index in [0.29, 0.717) is 10.0 Å². The van der Waals surface area contributed by atoms with E-state index in [9.17, 15) is 0 Å². The van der Waals surface area contributed by atoms with Crippen LogP contribution in [0.25, 0.3) is 0 Å². The van der Waals surface area contributed by atoms with Gasteiger partial charge in [0.05, 0.1) is 6.10 Å². The van der Waals surface area contributed by atoms with Crippen molar-refractivity contribution >= 4 is 34.5 Å². The second-order valence-corrected chi connectivity index (χ2v) is 4.95. The van der Waals surface area contributed by atoms with E-state index in [2.05, 4.69) is 5.32 Å². The van der Waals surface area contributed by atoms with E-state index in [-0.39, 0.29) is 6.10 Å². The van der Waals surface area contributed by atoms with Gasteiger partial charge in [-0.15, -0.1) is 0 Å². The van der Waals surface area contributed by atoms with E-state index >= 15 is 0 Å². The van der Waals surface area contributed by atoms with Crippen molar-refractivity contribution in [2.45, 2.75) is 18.9 Å². The first-order chi connectivity index (χ1) is 8.16. The number of benzene rings is 1. The van der Waals surface area contributed by atoms with Crippen molar-refractivity contribution in [3.63, 3.8) is 0 Å². The minimum atomic E-state index is 0.271. The summed E-state index contributed by atoms with van der Waals surface area (Å²) >= 11 is 11.0. The average molecular weight is 271 g/mol. The van der Waals surface area contributed by atoms with E-state index < -0.39 is 0 Å². The third-order valence-corrected chi connectivity index (χ3v) is 3.25. The molecule has 0 saturated carbocycles. The van der Waals surface area contributed by atoms with Crippen molar-refractivity contribution in [3.8, 4) is 0 Å². The van der Waals surface area contributed by atoms with Gasteiger partial charge in [-0.25, -0.2) is 0 Å². The molecule has 3 nitrogen and oxygen atoms in total. The first kappa shape index (κ1) is 12.6. The van der Waals surface area contributed by atoms with E-state index in [1.165, 1.54) is 0 Å². The molecule has 0 spiro atoms. The Morgan fingerprint density at radius 1 is 1.59 bits per heavy atom. The third kappa shape index (κ3) is 3.31.